The van der Waals surface area contributed by atoms with Crippen molar-refractivity contribution < 1.29 is 13.5 Å². The maximum absolute atomic E-state index is 12.4. The third-order valence-electron chi connectivity index (χ3n) is 4.19. The number of benzene rings is 1. The lowest BCUT2D eigenvalue weighted by atomic mass is 10.1. The minimum absolute atomic E-state index is 0.153. The summed E-state index contributed by atoms with van der Waals surface area (Å²) < 4.78 is 27.6. The molecule has 1 aliphatic rings. The first-order valence-corrected chi connectivity index (χ1v) is 8.87. The predicted molar refractivity (Wildman–Crippen MR) is 82.6 cm³/mol. The smallest absolute Gasteiger partial charge is 0.240 e. The summed E-state index contributed by atoms with van der Waals surface area (Å²) in [5, 5.41) is 9.25. The van der Waals surface area contributed by atoms with Crippen molar-refractivity contribution in [1.82, 2.24) is 9.62 Å². The van der Waals surface area contributed by atoms with Gasteiger partial charge in [0, 0.05) is 12.6 Å². The van der Waals surface area contributed by atoms with Gasteiger partial charge >= 0.3 is 0 Å². The van der Waals surface area contributed by atoms with Crippen molar-refractivity contribution in [2.75, 3.05) is 19.6 Å². The van der Waals surface area contributed by atoms with Crippen molar-refractivity contribution in [1.29, 1.82) is 0 Å². The minimum atomic E-state index is -3.54. The minimum Gasteiger partial charge on any atom is -0.392 e. The molecule has 1 atom stereocenters. The molecule has 1 fully saturated rings. The quantitative estimate of drug-likeness (QED) is 0.829. The fourth-order valence-electron chi connectivity index (χ4n) is 2.74. The van der Waals surface area contributed by atoms with Crippen LogP contribution in [0, 0.1) is 6.92 Å². The van der Waals surface area contributed by atoms with Gasteiger partial charge in [0.1, 0.15) is 0 Å². The monoisotopic (exact) mass is 312 g/mol. The number of aliphatic hydroxyl groups is 1. The normalized spacial score (nSPS) is 18.0. The van der Waals surface area contributed by atoms with Crippen molar-refractivity contribution in [3.05, 3.63) is 29.3 Å². The Morgan fingerprint density at radius 1 is 1.33 bits per heavy atom. The third-order valence-corrected chi connectivity index (χ3v) is 5.76. The maximum atomic E-state index is 12.4. The fourth-order valence-corrected chi connectivity index (χ4v) is 4.15. The second-order valence-corrected chi connectivity index (χ2v) is 7.38. The molecule has 118 valence electrons. The number of sulfonamides is 1. The van der Waals surface area contributed by atoms with Crippen LogP contribution >= 0.6 is 0 Å². The van der Waals surface area contributed by atoms with E-state index in [-0.39, 0.29) is 17.5 Å². The molecule has 1 unspecified atom stereocenters. The van der Waals surface area contributed by atoms with Crippen LogP contribution in [0.3, 0.4) is 0 Å². The molecule has 1 aromatic rings. The molecule has 0 aromatic heterocycles. The van der Waals surface area contributed by atoms with E-state index in [0.717, 1.165) is 13.1 Å². The summed E-state index contributed by atoms with van der Waals surface area (Å²) in [6.07, 6.45) is 2.38. The Kier molecular flexibility index (Phi) is 5.37. The standard InChI is InChI=1S/C15H24N2O3S/c1-12(17-8-3-4-9-17)10-16-21(19,20)15-7-5-6-14(11-18)13(15)2/h5-7,12,16,18H,3-4,8-11H2,1-2H3. The van der Waals surface area contributed by atoms with Crippen LogP contribution in [0.5, 0.6) is 0 Å². The number of aliphatic hydroxyl groups excluding tert-OH is 1. The first kappa shape index (κ1) is 16.4. The van der Waals surface area contributed by atoms with E-state index in [4.69, 9.17) is 0 Å². The van der Waals surface area contributed by atoms with Crippen molar-refractivity contribution >= 4 is 10.0 Å². The number of likely N-dealkylation sites (tertiary alicyclic amines) is 1. The molecule has 5 nitrogen and oxygen atoms in total. The average Bonchev–Trinajstić information content (AvgIpc) is 2.99. The largest absolute Gasteiger partial charge is 0.392 e. The molecule has 21 heavy (non-hydrogen) atoms. The van der Waals surface area contributed by atoms with Crippen LogP contribution in [-0.4, -0.2) is 44.1 Å². The van der Waals surface area contributed by atoms with E-state index in [1.165, 1.54) is 12.8 Å². The lowest BCUT2D eigenvalue weighted by Crippen LogP contribution is -2.40. The van der Waals surface area contributed by atoms with E-state index < -0.39 is 10.0 Å². The average molecular weight is 312 g/mol. The van der Waals surface area contributed by atoms with Gasteiger partial charge < -0.3 is 5.11 Å². The molecule has 0 aliphatic carbocycles. The molecular formula is C15H24N2O3S. The Hall–Kier alpha value is -0.950. The second-order valence-electron chi connectivity index (χ2n) is 5.64. The zero-order valence-electron chi connectivity index (χ0n) is 12.7. The maximum Gasteiger partial charge on any atom is 0.240 e. The van der Waals surface area contributed by atoms with Gasteiger partial charge in [0.05, 0.1) is 11.5 Å². The van der Waals surface area contributed by atoms with E-state index in [1.54, 1.807) is 25.1 Å². The summed E-state index contributed by atoms with van der Waals surface area (Å²) in [6.45, 7) is 6.11. The van der Waals surface area contributed by atoms with Gasteiger partial charge in [-0.2, -0.15) is 0 Å². The van der Waals surface area contributed by atoms with Gasteiger partial charge in [-0.05, 0) is 57.0 Å². The number of hydrogen-bond acceptors (Lipinski definition) is 4. The van der Waals surface area contributed by atoms with Crippen LogP contribution < -0.4 is 4.72 Å². The molecule has 0 saturated carbocycles. The summed E-state index contributed by atoms with van der Waals surface area (Å²) >= 11 is 0. The first-order chi connectivity index (χ1) is 9.95. The van der Waals surface area contributed by atoms with Crippen LogP contribution in [0.2, 0.25) is 0 Å². The molecule has 1 aliphatic heterocycles. The van der Waals surface area contributed by atoms with Crippen molar-refractivity contribution in [2.45, 2.75) is 44.2 Å². The Bertz CT molecular complexity index is 581. The molecule has 0 radical (unpaired) electrons. The number of rotatable bonds is 6. The summed E-state index contributed by atoms with van der Waals surface area (Å²) in [6, 6.07) is 5.18. The molecular weight excluding hydrogens is 288 g/mol. The van der Waals surface area contributed by atoms with E-state index in [1.807, 2.05) is 6.92 Å². The number of nitrogens with one attached hydrogen (secondary N) is 1. The van der Waals surface area contributed by atoms with Crippen LogP contribution in [0.15, 0.2) is 23.1 Å². The molecule has 2 rings (SSSR count). The van der Waals surface area contributed by atoms with E-state index in [2.05, 4.69) is 9.62 Å². The Morgan fingerprint density at radius 3 is 2.62 bits per heavy atom. The highest BCUT2D eigenvalue weighted by atomic mass is 32.2. The fraction of sp³-hybridized carbons (Fsp3) is 0.600. The van der Waals surface area contributed by atoms with Crippen LogP contribution in [0.25, 0.3) is 0 Å². The highest BCUT2D eigenvalue weighted by Crippen LogP contribution is 2.19. The van der Waals surface area contributed by atoms with Gasteiger partial charge in [0.25, 0.3) is 0 Å². The van der Waals surface area contributed by atoms with Crippen LogP contribution in [-0.2, 0) is 16.6 Å². The first-order valence-electron chi connectivity index (χ1n) is 7.39. The lowest BCUT2D eigenvalue weighted by molar-refractivity contribution is 0.260. The van der Waals surface area contributed by atoms with Gasteiger partial charge in [-0.3, -0.25) is 4.90 Å². The second kappa shape index (κ2) is 6.87. The summed E-state index contributed by atoms with van der Waals surface area (Å²) in [4.78, 5) is 2.56. The third kappa shape index (κ3) is 3.83. The summed E-state index contributed by atoms with van der Waals surface area (Å²) in [5.74, 6) is 0. The SMILES string of the molecule is Cc1c(CO)cccc1S(=O)(=O)NCC(C)N1CCCC1. The van der Waals surface area contributed by atoms with Gasteiger partial charge in [0.15, 0.2) is 0 Å². The molecule has 0 amide bonds. The van der Waals surface area contributed by atoms with Crippen molar-refractivity contribution in [3.63, 3.8) is 0 Å². The zero-order valence-corrected chi connectivity index (χ0v) is 13.5. The summed E-state index contributed by atoms with van der Waals surface area (Å²) in [7, 11) is -3.54. The van der Waals surface area contributed by atoms with Gasteiger partial charge in [-0.1, -0.05) is 12.1 Å². The van der Waals surface area contributed by atoms with Crippen molar-refractivity contribution in [3.8, 4) is 0 Å². The Labute approximate surface area is 127 Å². The Morgan fingerprint density at radius 2 is 2.00 bits per heavy atom. The highest BCUT2D eigenvalue weighted by Gasteiger charge is 2.22. The van der Waals surface area contributed by atoms with E-state index in [0.29, 0.717) is 17.7 Å². The van der Waals surface area contributed by atoms with E-state index in [9.17, 15) is 13.5 Å². The predicted octanol–water partition coefficient (Wildman–Crippen LogP) is 1.25. The molecule has 1 saturated heterocycles. The molecule has 1 aromatic carbocycles. The molecule has 6 heteroatoms. The van der Waals surface area contributed by atoms with Gasteiger partial charge in [-0.15, -0.1) is 0 Å². The highest BCUT2D eigenvalue weighted by molar-refractivity contribution is 7.89. The summed E-state index contributed by atoms with van der Waals surface area (Å²) in [5.41, 5.74) is 1.26. The van der Waals surface area contributed by atoms with Gasteiger partial charge in [-0.25, -0.2) is 13.1 Å². The molecule has 1 heterocycles. The lowest BCUT2D eigenvalue weighted by Gasteiger charge is -2.24. The van der Waals surface area contributed by atoms with Gasteiger partial charge in [0.2, 0.25) is 10.0 Å². The Balaban J connectivity index is 2.08. The van der Waals surface area contributed by atoms with Crippen LogP contribution in [0.1, 0.15) is 30.9 Å². The number of nitrogens with zero attached hydrogens (tertiary/aromatic N) is 1. The van der Waals surface area contributed by atoms with Crippen molar-refractivity contribution in [2.24, 2.45) is 0 Å². The molecule has 0 bridgehead atoms. The molecule has 2 N–H and O–H groups in total. The topological polar surface area (TPSA) is 69.6 Å². The van der Waals surface area contributed by atoms with Crippen LogP contribution in [0.4, 0.5) is 0 Å². The zero-order chi connectivity index (χ0) is 15.5. The molecule has 0 spiro atoms. The number of hydrogen-bond donors (Lipinski definition) is 2. The van der Waals surface area contributed by atoms with E-state index >= 15 is 0 Å².